The molecule has 3 heterocycles. The number of rotatable bonds is 4. The molecule has 2 aromatic rings. The number of piperidine rings is 3. The summed E-state index contributed by atoms with van der Waals surface area (Å²) in [5.74, 6) is 0.476. The molecule has 0 unspecified atom stereocenters. The summed E-state index contributed by atoms with van der Waals surface area (Å²) in [7, 11) is 0. The highest BCUT2D eigenvalue weighted by atomic mass is 16.7. The summed E-state index contributed by atoms with van der Waals surface area (Å²) in [5, 5.41) is 0. The summed E-state index contributed by atoms with van der Waals surface area (Å²) in [6.07, 6.45) is 1.16. The Morgan fingerprint density at radius 2 is 1.48 bits per heavy atom. The van der Waals surface area contributed by atoms with E-state index in [0.717, 1.165) is 43.6 Å². The molecule has 0 saturated carbocycles. The van der Waals surface area contributed by atoms with E-state index >= 15 is 0 Å². The van der Waals surface area contributed by atoms with E-state index in [4.69, 9.17) is 9.47 Å². The molecule has 1 atom stereocenters. The summed E-state index contributed by atoms with van der Waals surface area (Å²) in [4.78, 5) is 14.8. The second-order valence-corrected chi connectivity index (χ2v) is 6.86. The van der Waals surface area contributed by atoms with E-state index in [0.29, 0.717) is 5.92 Å². The van der Waals surface area contributed by atoms with Gasteiger partial charge in [0.1, 0.15) is 6.10 Å². The molecule has 0 spiro atoms. The van der Waals surface area contributed by atoms with Crippen LogP contribution < -0.4 is 0 Å². The molecule has 2 bridgehead atoms. The minimum Gasteiger partial charge on any atom is -0.429 e. The zero-order valence-electron chi connectivity index (χ0n) is 14.2. The molecule has 3 aliphatic rings. The molecule has 3 saturated heterocycles. The van der Waals surface area contributed by atoms with Gasteiger partial charge in [0.15, 0.2) is 6.10 Å². The number of ether oxygens (including phenoxy) is 2. The molecular weight excluding hydrogens is 314 g/mol. The lowest BCUT2D eigenvalue weighted by molar-refractivity contribution is -0.0642. The van der Waals surface area contributed by atoms with E-state index < -0.39 is 12.3 Å². The maximum absolute atomic E-state index is 12.5. The second kappa shape index (κ2) is 7.28. The molecular formula is C21H23NO3. The molecule has 0 aliphatic carbocycles. The summed E-state index contributed by atoms with van der Waals surface area (Å²) in [6, 6.07) is 19.6. The first-order chi connectivity index (χ1) is 12.3. The molecule has 0 radical (unpaired) electrons. The Bertz CT molecular complexity index is 656. The average molecular weight is 337 g/mol. The minimum atomic E-state index is -0.573. The van der Waals surface area contributed by atoms with Crippen molar-refractivity contribution in [2.24, 2.45) is 5.92 Å². The Kier molecular flexibility index (Phi) is 4.70. The molecule has 25 heavy (non-hydrogen) atoms. The van der Waals surface area contributed by atoms with Gasteiger partial charge < -0.3 is 9.47 Å². The van der Waals surface area contributed by atoms with Crippen molar-refractivity contribution in [2.45, 2.75) is 25.0 Å². The topological polar surface area (TPSA) is 38.8 Å². The fourth-order valence-corrected chi connectivity index (χ4v) is 3.88. The van der Waals surface area contributed by atoms with Crippen molar-refractivity contribution in [3.05, 3.63) is 71.8 Å². The van der Waals surface area contributed by atoms with Crippen molar-refractivity contribution in [1.29, 1.82) is 0 Å². The van der Waals surface area contributed by atoms with Crippen molar-refractivity contribution in [3.63, 3.8) is 0 Å². The van der Waals surface area contributed by atoms with Crippen LogP contribution in [0.25, 0.3) is 0 Å². The number of benzene rings is 2. The van der Waals surface area contributed by atoms with E-state index in [1.165, 1.54) is 0 Å². The van der Waals surface area contributed by atoms with E-state index in [9.17, 15) is 4.79 Å². The van der Waals surface area contributed by atoms with Crippen LogP contribution in [-0.2, 0) is 9.47 Å². The van der Waals surface area contributed by atoms with Crippen LogP contribution in [0.15, 0.2) is 60.7 Å². The standard InChI is InChI=1S/C21H23NO3/c23-21(24-19-15-22-13-11-16(19)12-14-22)25-20(17-7-3-1-4-8-17)18-9-5-2-6-10-18/h1-10,16,19-20H,11-15H2/t19-/m0/s1. The SMILES string of the molecule is O=C(OC(c1ccccc1)c1ccccc1)O[C@H]1CN2CCC1CC2. The molecule has 3 fully saturated rings. The number of nitrogens with zero attached hydrogens (tertiary/aromatic N) is 1. The van der Waals surface area contributed by atoms with Crippen molar-refractivity contribution < 1.29 is 14.3 Å². The predicted molar refractivity (Wildman–Crippen MR) is 95.2 cm³/mol. The van der Waals surface area contributed by atoms with E-state index in [2.05, 4.69) is 4.90 Å². The number of hydrogen-bond donors (Lipinski definition) is 0. The third kappa shape index (κ3) is 3.69. The average Bonchev–Trinajstić information content (AvgIpc) is 2.68. The van der Waals surface area contributed by atoms with Gasteiger partial charge in [-0.25, -0.2) is 4.79 Å². The quantitative estimate of drug-likeness (QED) is 0.790. The highest BCUT2D eigenvalue weighted by molar-refractivity contribution is 5.61. The van der Waals surface area contributed by atoms with Gasteiger partial charge in [-0.05, 0) is 43.0 Å². The van der Waals surface area contributed by atoms with Gasteiger partial charge in [0, 0.05) is 6.54 Å². The molecule has 4 heteroatoms. The normalized spacial score (nSPS) is 24.9. The lowest BCUT2D eigenvalue weighted by Gasteiger charge is -2.43. The maximum atomic E-state index is 12.5. The fourth-order valence-electron chi connectivity index (χ4n) is 3.88. The Labute approximate surface area is 148 Å². The van der Waals surface area contributed by atoms with E-state index in [1.807, 2.05) is 60.7 Å². The predicted octanol–water partition coefficient (Wildman–Crippen LogP) is 4.02. The monoisotopic (exact) mass is 337 g/mol. The molecule has 2 aromatic carbocycles. The lowest BCUT2D eigenvalue weighted by Crippen LogP contribution is -2.52. The van der Waals surface area contributed by atoms with Gasteiger partial charge in [-0.2, -0.15) is 0 Å². The van der Waals surface area contributed by atoms with Crippen LogP contribution in [0, 0.1) is 5.92 Å². The van der Waals surface area contributed by atoms with Crippen LogP contribution in [0.5, 0.6) is 0 Å². The van der Waals surface area contributed by atoms with Gasteiger partial charge in [0.2, 0.25) is 0 Å². The lowest BCUT2D eigenvalue weighted by atomic mass is 9.86. The molecule has 3 aliphatic heterocycles. The van der Waals surface area contributed by atoms with E-state index in [-0.39, 0.29) is 6.10 Å². The Morgan fingerprint density at radius 1 is 0.920 bits per heavy atom. The summed E-state index contributed by atoms with van der Waals surface area (Å²) >= 11 is 0. The first-order valence-electron chi connectivity index (χ1n) is 8.99. The Morgan fingerprint density at radius 3 is 1.96 bits per heavy atom. The van der Waals surface area contributed by atoms with Crippen LogP contribution in [-0.4, -0.2) is 36.8 Å². The van der Waals surface area contributed by atoms with Gasteiger partial charge in [-0.1, -0.05) is 60.7 Å². The third-order valence-corrected chi connectivity index (χ3v) is 5.26. The first kappa shape index (κ1) is 16.2. The van der Waals surface area contributed by atoms with Crippen LogP contribution >= 0.6 is 0 Å². The highest BCUT2D eigenvalue weighted by Crippen LogP contribution is 2.31. The highest BCUT2D eigenvalue weighted by Gasteiger charge is 2.37. The van der Waals surface area contributed by atoms with Crippen molar-refractivity contribution in [1.82, 2.24) is 4.90 Å². The number of hydrogen-bond acceptors (Lipinski definition) is 4. The van der Waals surface area contributed by atoms with Gasteiger partial charge in [0.25, 0.3) is 0 Å². The van der Waals surface area contributed by atoms with Gasteiger partial charge in [-0.3, -0.25) is 4.90 Å². The summed E-state index contributed by atoms with van der Waals surface area (Å²) in [5.41, 5.74) is 1.89. The van der Waals surface area contributed by atoms with Crippen LogP contribution in [0.1, 0.15) is 30.1 Å². The van der Waals surface area contributed by atoms with Gasteiger partial charge in [0.05, 0.1) is 0 Å². The van der Waals surface area contributed by atoms with Crippen LogP contribution in [0.3, 0.4) is 0 Å². The zero-order chi connectivity index (χ0) is 17.1. The first-order valence-corrected chi connectivity index (χ1v) is 8.99. The zero-order valence-corrected chi connectivity index (χ0v) is 14.2. The second-order valence-electron chi connectivity index (χ2n) is 6.86. The van der Waals surface area contributed by atoms with E-state index in [1.54, 1.807) is 0 Å². The van der Waals surface area contributed by atoms with Gasteiger partial charge in [-0.15, -0.1) is 0 Å². The summed E-state index contributed by atoms with van der Waals surface area (Å²) in [6.45, 7) is 3.08. The minimum absolute atomic E-state index is 0.0396. The van der Waals surface area contributed by atoms with Crippen LogP contribution in [0.2, 0.25) is 0 Å². The molecule has 0 aromatic heterocycles. The molecule has 5 rings (SSSR count). The number of carbonyl (C=O) groups is 1. The number of carbonyl (C=O) groups excluding carboxylic acids is 1. The Hall–Kier alpha value is -2.33. The van der Waals surface area contributed by atoms with Crippen molar-refractivity contribution in [2.75, 3.05) is 19.6 Å². The Balaban J connectivity index is 1.48. The third-order valence-electron chi connectivity index (χ3n) is 5.26. The summed E-state index contributed by atoms with van der Waals surface area (Å²) < 4.78 is 11.4. The largest absolute Gasteiger partial charge is 0.509 e. The van der Waals surface area contributed by atoms with Crippen molar-refractivity contribution >= 4 is 6.16 Å². The fraction of sp³-hybridized carbons (Fsp3) is 0.381. The molecule has 0 N–H and O–H groups in total. The molecule has 4 nitrogen and oxygen atoms in total. The number of fused-ring (bicyclic) bond motifs is 3. The van der Waals surface area contributed by atoms with Crippen molar-refractivity contribution in [3.8, 4) is 0 Å². The molecule has 0 amide bonds. The van der Waals surface area contributed by atoms with Crippen LogP contribution in [0.4, 0.5) is 4.79 Å². The maximum Gasteiger partial charge on any atom is 0.509 e. The molecule has 130 valence electrons. The smallest absolute Gasteiger partial charge is 0.429 e. The van der Waals surface area contributed by atoms with Gasteiger partial charge >= 0.3 is 6.16 Å².